The van der Waals surface area contributed by atoms with Gasteiger partial charge in [0, 0.05) is 11.6 Å². The highest BCUT2D eigenvalue weighted by Gasteiger charge is 2.41. The summed E-state index contributed by atoms with van der Waals surface area (Å²) in [7, 11) is 0. The zero-order valence-electron chi connectivity index (χ0n) is 9.96. The average molecular weight is 270 g/mol. The maximum absolute atomic E-state index is 13.1. The van der Waals surface area contributed by atoms with Gasteiger partial charge in [0.05, 0.1) is 4.75 Å². The normalized spacial score (nSPS) is 23.9. The predicted molar refractivity (Wildman–Crippen MR) is 66.4 cm³/mol. The number of aliphatic hydroxyl groups excluding tert-OH is 1. The molecule has 0 aromatic heterocycles. The largest absolute Gasteiger partial charge is 0.510 e. The zero-order chi connectivity index (χ0) is 13.5. The van der Waals surface area contributed by atoms with Crippen LogP contribution in [0.4, 0.5) is 8.78 Å². The maximum Gasteiger partial charge on any atom is 0.219 e. The van der Waals surface area contributed by atoms with E-state index < -0.39 is 16.4 Å². The Morgan fingerprint density at radius 1 is 1.28 bits per heavy atom. The summed E-state index contributed by atoms with van der Waals surface area (Å²) < 4.78 is 25.3. The van der Waals surface area contributed by atoms with Gasteiger partial charge >= 0.3 is 0 Å². The fourth-order valence-electron chi connectivity index (χ4n) is 2.05. The first-order chi connectivity index (χ1) is 8.32. The number of hydrogen-bond donors (Lipinski definition) is 1. The van der Waals surface area contributed by atoms with Crippen LogP contribution in [-0.4, -0.2) is 15.0 Å². The summed E-state index contributed by atoms with van der Waals surface area (Å²) in [6.07, 6.45) is 0.196. The van der Waals surface area contributed by atoms with E-state index >= 15 is 0 Å². The van der Waals surface area contributed by atoms with Gasteiger partial charge in [0.15, 0.2) is 0 Å². The molecule has 1 aliphatic heterocycles. The van der Waals surface area contributed by atoms with Crippen molar-refractivity contribution in [3.8, 4) is 0 Å². The van der Waals surface area contributed by atoms with Crippen molar-refractivity contribution >= 4 is 16.9 Å². The van der Waals surface area contributed by atoms with E-state index in [4.69, 9.17) is 0 Å². The monoisotopic (exact) mass is 270 g/mol. The number of aliphatic hydroxyl groups is 1. The van der Waals surface area contributed by atoms with E-state index in [2.05, 4.69) is 0 Å². The lowest BCUT2D eigenvalue weighted by molar-refractivity contribution is -0.107. The summed E-state index contributed by atoms with van der Waals surface area (Å²) in [6, 6.07) is 3.21. The van der Waals surface area contributed by atoms with Gasteiger partial charge in [-0.2, -0.15) is 0 Å². The van der Waals surface area contributed by atoms with Gasteiger partial charge in [-0.25, -0.2) is 8.78 Å². The highest BCUT2D eigenvalue weighted by Crippen LogP contribution is 2.44. The molecule has 1 N–H and O–H groups in total. The Morgan fingerprint density at radius 2 is 1.83 bits per heavy atom. The Morgan fingerprint density at radius 3 is 2.28 bits per heavy atom. The Labute approximate surface area is 108 Å². The number of carbonyl (C=O) groups is 1. The molecular formula is C13H12F2O2S. The molecule has 0 aliphatic carbocycles. The van der Waals surface area contributed by atoms with E-state index in [-0.39, 0.29) is 17.3 Å². The van der Waals surface area contributed by atoms with Gasteiger partial charge in [0.25, 0.3) is 0 Å². The molecule has 0 bridgehead atoms. The molecule has 0 radical (unpaired) electrons. The van der Waals surface area contributed by atoms with Gasteiger partial charge in [0.2, 0.25) is 5.12 Å². The average Bonchev–Trinajstić information content (AvgIpc) is 2.41. The third-order valence-electron chi connectivity index (χ3n) is 2.94. The lowest BCUT2D eigenvalue weighted by Gasteiger charge is -2.22. The predicted octanol–water partition coefficient (Wildman–Crippen LogP) is 3.37. The van der Waals surface area contributed by atoms with Crippen molar-refractivity contribution in [1.29, 1.82) is 0 Å². The quantitative estimate of drug-likeness (QED) is 0.895. The minimum atomic E-state index is -0.846. The minimum Gasteiger partial charge on any atom is -0.510 e. The van der Waals surface area contributed by atoms with Crippen molar-refractivity contribution in [2.24, 2.45) is 0 Å². The van der Waals surface area contributed by atoms with Crippen molar-refractivity contribution in [1.82, 2.24) is 0 Å². The van der Waals surface area contributed by atoms with Gasteiger partial charge in [-0.05, 0) is 38.0 Å². The Bertz CT molecular complexity index is 534. The van der Waals surface area contributed by atoms with Gasteiger partial charge < -0.3 is 5.11 Å². The summed E-state index contributed by atoms with van der Waals surface area (Å²) in [5, 5.41) is 9.74. The summed E-state index contributed by atoms with van der Waals surface area (Å²) in [4.78, 5) is 11.5. The number of carbonyl (C=O) groups excluding carboxylic acids is 1. The molecule has 1 unspecified atom stereocenters. The van der Waals surface area contributed by atoms with Crippen LogP contribution < -0.4 is 0 Å². The van der Waals surface area contributed by atoms with E-state index in [1.807, 2.05) is 0 Å². The lowest BCUT2D eigenvalue weighted by atomic mass is 9.96. The molecule has 0 saturated carbocycles. The van der Waals surface area contributed by atoms with Gasteiger partial charge in [-0.1, -0.05) is 11.8 Å². The molecule has 1 aromatic carbocycles. The van der Waals surface area contributed by atoms with Crippen LogP contribution in [0.1, 0.15) is 19.4 Å². The van der Waals surface area contributed by atoms with Gasteiger partial charge in [0.1, 0.15) is 17.4 Å². The standard InChI is InChI=1S/C13H12F2O2S/c1-7-11(16)13(2,18-12(7)17)6-8-3-9(14)5-10(15)4-8/h3-5,16H,6H2,1-2H3. The van der Waals surface area contributed by atoms with Crippen molar-refractivity contribution in [3.63, 3.8) is 0 Å². The molecule has 2 rings (SSSR count). The van der Waals surface area contributed by atoms with Gasteiger partial charge in [-0.3, -0.25) is 4.79 Å². The molecule has 96 valence electrons. The fourth-order valence-corrected chi connectivity index (χ4v) is 3.19. The highest BCUT2D eigenvalue weighted by molar-refractivity contribution is 8.15. The Hall–Kier alpha value is -1.36. The van der Waals surface area contributed by atoms with Crippen LogP contribution in [0.15, 0.2) is 29.5 Å². The van der Waals surface area contributed by atoms with Gasteiger partial charge in [-0.15, -0.1) is 0 Å². The van der Waals surface area contributed by atoms with E-state index in [1.165, 1.54) is 12.1 Å². The molecule has 1 aromatic rings. The molecule has 0 amide bonds. The van der Waals surface area contributed by atoms with E-state index in [9.17, 15) is 18.7 Å². The van der Waals surface area contributed by atoms with Crippen LogP contribution in [0, 0.1) is 11.6 Å². The third kappa shape index (κ3) is 2.27. The SMILES string of the molecule is CC1=C(O)C(C)(Cc2cc(F)cc(F)c2)SC1=O. The van der Waals surface area contributed by atoms with Crippen LogP contribution in [0.3, 0.4) is 0 Å². The zero-order valence-corrected chi connectivity index (χ0v) is 10.8. The lowest BCUT2D eigenvalue weighted by Crippen LogP contribution is -2.24. The molecule has 1 heterocycles. The molecular weight excluding hydrogens is 258 g/mol. The highest BCUT2D eigenvalue weighted by atomic mass is 32.2. The number of hydrogen-bond acceptors (Lipinski definition) is 3. The first kappa shape index (κ1) is 13.1. The van der Waals surface area contributed by atoms with Crippen molar-refractivity contribution in [2.75, 3.05) is 0 Å². The smallest absolute Gasteiger partial charge is 0.219 e. The summed E-state index contributed by atoms with van der Waals surface area (Å²) in [6.45, 7) is 3.23. The van der Waals surface area contributed by atoms with E-state index in [1.54, 1.807) is 13.8 Å². The van der Waals surface area contributed by atoms with Crippen LogP contribution >= 0.6 is 11.8 Å². The minimum absolute atomic E-state index is 0.0119. The molecule has 18 heavy (non-hydrogen) atoms. The molecule has 0 saturated heterocycles. The molecule has 1 aliphatic rings. The van der Waals surface area contributed by atoms with E-state index in [0.717, 1.165) is 17.8 Å². The second-order valence-electron chi connectivity index (χ2n) is 4.55. The number of thioether (sulfide) groups is 1. The van der Waals surface area contributed by atoms with Crippen LogP contribution in [0.5, 0.6) is 0 Å². The first-order valence-corrected chi connectivity index (χ1v) is 6.22. The Balaban J connectivity index is 2.32. The summed E-state index contributed by atoms with van der Waals surface area (Å²) in [5.74, 6) is -1.34. The van der Waals surface area contributed by atoms with Crippen LogP contribution in [0.2, 0.25) is 0 Å². The molecule has 0 fully saturated rings. The molecule has 2 nitrogen and oxygen atoms in total. The fraction of sp³-hybridized carbons (Fsp3) is 0.308. The second kappa shape index (κ2) is 4.39. The first-order valence-electron chi connectivity index (χ1n) is 5.40. The van der Waals surface area contributed by atoms with E-state index in [0.29, 0.717) is 11.1 Å². The second-order valence-corrected chi connectivity index (χ2v) is 6.02. The summed E-state index contributed by atoms with van der Waals surface area (Å²) >= 11 is 0.983. The van der Waals surface area contributed by atoms with Crippen molar-refractivity contribution in [3.05, 3.63) is 46.7 Å². The number of halogens is 2. The van der Waals surface area contributed by atoms with Crippen molar-refractivity contribution in [2.45, 2.75) is 25.0 Å². The number of rotatable bonds is 2. The van der Waals surface area contributed by atoms with Crippen molar-refractivity contribution < 1.29 is 18.7 Å². The third-order valence-corrected chi connectivity index (χ3v) is 4.22. The molecule has 5 heteroatoms. The topological polar surface area (TPSA) is 37.3 Å². The molecule has 0 spiro atoms. The number of benzene rings is 1. The summed E-state index contributed by atoms with van der Waals surface area (Å²) in [5.41, 5.74) is 0.718. The van der Waals surface area contributed by atoms with Crippen LogP contribution in [-0.2, 0) is 11.2 Å². The Kier molecular flexibility index (Phi) is 3.19. The van der Waals surface area contributed by atoms with Crippen LogP contribution in [0.25, 0.3) is 0 Å². The molecule has 1 atom stereocenters. The maximum atomic E-state index is 13.1.